The van der Waals surface area contributed by atoms with Crippen molar-refractivity contribution < 1.29 is 4.79 Å². The second kappa shape index (κ2) is 10.6. The summed E-state index contributed by atoms with van der Waals surface area (Å²) in [5, 5.41) is 6.06. The number of amides is 2. The Morgan fingerprint density at radius 1 is 1.00 bits per heavy atom. The quantitative estimate of drug-likeness (QED) is 0.753. The summed E-state index contributed by atoms with van der Waals surface area (Å²) in [5.74, 6) is 1.57. The van der Waals surface area contributed by atoms with Crippen molar-refractivity contribution in [2.24, 2.45) is 5.92 Å². The molecule has 3 rings (SSSR count). The molecule has 0 aliphatic carbocycles. The van der Waals surface area contributed by atoms with Crippen molar-refractivity contribution in [3.05, 3.63) is 23.9 Å². The summed E-state index contributed by atoms with van der Waals surface area (Å²) >= 11 is 0. The van der Waals surface area contributed by atoms with Crippen molar-refractivity contribution in [1.82, 2.24) is 20.5 Å². The van der Waals surface area contributed by atoms with Crippen molar-refractivity contribution >= 4 is 11.8 Å². The van der Waals surface area contributed by atoms with E-state index in [0.29, 0.717) is 25.0 Å². The van der Waals surface area contributed by atoms with E-state index < -0.39 is 0 Å². The summed E-state index contributed by atoms with van der Waals surface area (Å²) in [6.45, 7) is 10.2. The monoisotopic (exact) mass is 387 g/mol. The van der Waals surface area contributed by atoms with Gasteiger partial charge in [0.05, 0.1) is 0 Å². The molecule has 2 saturated heterocycles. The van der Waals surface area contributed by atoms with Crippen LogP contribution in [0.1, 0.15) is 57.9 Å². The molecule has 3 heterocycles. The van der Waals surface area contributed by atoms with E-state index in [-0.39, 0.29) is 6.03 Å². The van der Waals surface area contributed by atoms with E-state index in [4.69, 9.17) is 0 Å². The largest absolute Gasteiger partial charge is 0.357 e. The number of aromatic nitrogens is 1. The highest BCUT2D eigenvalue weighted by atomic mass is 16.2. The Hall–Kier alpha value is -1.82. The van der Waals surface area contributed by atoms with Crippen LogP contribution in [-0.2, 0) is 6.54 Å². The number of likely N-dealkylation sites (tertiary alicyclic amines) is 1. The van der Waals surface area contributed by atoms with Crippen molar-refractivity contribution in [2.45, 2.75) is 65.0 Å². The molecule has 1 aromatic rings. The lowest BCUT2D eigenvalue weighted by Gasteiger charge is -2.33. The van der Waals surface area contributed by atoms with E-state index in [1.807, 2.05) is 6.20 Å². The Morgan fingerprint density at radius 3 is 2.29 bits per heavy atom. The summed E-state index contributed by atoms with van der Waals surface area (Å²) in [6.07, 6.45) is 9.59. The van der Waals surface area contributed by atoms with Crippen LogP contribution in [0, 0.1) is 5.92 Å². The van der Waals surface area contributed by atoms with Crippen LogP contribution in [0.5, 0.6) is 0 Å². The lowest BCUT2D eigenvalue weighted by Crippen LogP contribution is -2.49. The van der Waals surface area contributed by atoms with E-state index in [0.717, 1.165) is 37.6 Å². The highest BCUT2D eigenvalue weighted by Crippen LogP contribution is 2.18. The Labute approximate surface area is 170 Å². The van der Waals surface area contributed by atoms with Gasteiger partial charge in [0.25, 0.3) is 0 Å². The first kappa shape index (κ1) is 20.9. The molecule has 1 atom stereocenters. The van der Waals surface area contributed by atoms with Gasteiger partial charge in [-0.15, -0.1) is 0 Å². The van der Waals surface area contributed by atoms with Crippen LogP contribution in [0.4, 0.5) is 10.6 Å². The molecule has 0 bridgehead atoms. The topological polar surface area (TPSA) is 60.5 Å². The zero-order valence-electron chi connectivity index (χ0n) is 17.6. The number of rotatable bonds is 7. The van der Waals surface area contributed by atoms with Gasteiger partial charge in [0.15, 0.2) is 0 Å². The van der Waals surface area contributed by atoms with Gasteiger partial charge in [-0.05, 0) is 56.3 Å². The highest BCUT2D eigenvalue weighted by Gasteiger charge is 2.23. The maximum Gasteiger partial charge on any atom is 0.315 e. The molecule has 2 N–H and O–H groups in total. The van der Waals surface area contributed by atoms with Gasteiger partial charge in [0, 0.05) is 38.4 Å². The summed E-state index contributed by atoms with van der Waals surface area (Å²) < 4.78 is 0. The van der Waals surface area contributed by atoms with Crippen molar-refractivity contribution in [3.8, 4) is 0 Å². The van der Waals surface area contributed by atoms with Crippen LogP contribution in [0.3, 0.4) is 0 Å². The van der Waals surface area contributed by atoms with Crippen LogP contribution in [0.15, 0.2) is 18.3 Å². The third kappa shape index (κ3) is 6.09. The third-order valence-corrected chi connectivity index (χ3v) is 6.04. The Bertz CT molecular complexity index is 589. The van der Waals surface area contributed by atoms with Gasteiger partial charge in [0.2, 0.25) is 0 Å². The average molecular weight is 388 g/mol. The number of hydrogen-bond acceptors (Lipinski definition) is 4. The van der Waals surface area contributed by atoms with E-state index in [9.17, 15) is 4.79 Å². The van der Waals surface area contributed by atoms with Gasteiger partial charge in [-0.2, -0.15) is 0 Å². The first-order valence-electron chi connectivity index (χ1n) is 11.1. The minimum absolute atomic E-state index is 0.0934. The molecule has 1 unspecified atom stereocenters. The van der Waals surface area contributed by atoms with Gasteiger partial charge < -0.3 is 15.5 Å². The highest BCUT2D eigenvalue weighted by molar-refractivity contribution is 5.73. The average Bonchev–Trinajstić information content (AvgIpc) is 3.11. The van der Waals surface area contributed by atoms with E-state index >= 15 is 0 Å². The number of hydrogen-bond donors (Lipinski definition) is 2. The van der Waals surface area contributed by atoms with Crippen molar-refractivity contribution in [3.63, 3.8) is 0 Å². The third-order valence-electron chi connectivity index (χ3n) is 6.04. The molecule has 0 spiro atoms. The number of nitrogens with zero attached hydrogens (tertiary/aromatic N) is 3. The van der Waals surface area contributed by atoms with Gasteiger partial charge in [-0.1, -0.05) is 32.8 Å². The van der Waals surface area contributed by atoms with Crippen molar-refractivity contribution in [2.75, 3.05) is 37.6 Å². The molecule has 2 aliphatic heterocycles. The molecule has 2 fully saturated rings. The summed E-state index contributed by atoms with van der Waals surface area (Å²) in [4.78, 5) is 21.7. The van der Waals surface area contributed by atoms with Gasteiger partial charge in [0.1, 0.15) is 5.82 Å². The molecule has 2 aliphatic rings. The van der Waals surface area contributed by atoms with Crippen molar-refractivity contribution in [1.29, 1.82) is 0 Å². The fourth-order valence-corrected chi connectivity index (χ4v) is 4.31. The molecular formula is C22H37N5O. The Balaban J connectivity index is 1.42. The first-order chi connectivity index (χ1) is 13.6. The number of pyridine rings is 1. The molecular weight excluding hydrogens is 350 g/mol. The molecule has 1 aromatic heterocycles. The predicted molar refractivity (Wildman–Crippen MR) is 115 cm³/mol. The Morgan fingerprint density at radius 2 is 1.68 bits per heavy atom. The smallest absolute Gasteiger partial charge is 0.315 e. The lowest BCUT2D eigenvalue weighted by atomic mass is 10.0. The zero-order chi connectivity index (χ0) is 19.8. The second-order valence-corrected chi connectivity index (χ2v) is 8.54. The molecule has 6 heteroatoms. The van der Waals surface area contributed by atoms with E-state index in [2.05, 4.69) is 51.4 Å². The number of nitrogens with one attached hydrogen (secondary N) is 2. The maximum atomic E-state index is 12.3. The number of urea groups is 1. The second-order valence-electron chi connectivity index (χ2n) is 8.54. The minimum atomic E-state index is -0.0934. The van der Waals surface area contributed by atoms with Crippen LogP contribution in [0.25, 0.3) is 0 Å². The summed E-state index contributed by atoms with van der Waals surface area (Å²) in [6, 6.07) is 4.44. The summed E-state index contributed by atoms with van der Waals surface area (Å²) in [7, 11) is 0. The number of carbonyl (C=O) groups is 1. The SMILES string of the molecule is CC(C)C(CNC(=O)NCc1ccc(N2CCCC2)nc1)N1CCCCCC1. The van der Waals surface area contributed by atoms with Gasteiger partial charge >= 0.3 is 6.03 Å². The lowest BCUT2D eigenvalue weighted by molar-refractivity contribution is 0.157. The molecule has 0 saturated carbocycles. The fraction of sp³-hybridized carbons (Fsp3) is 0.727. The van der Waals surface area contributed by atoms with E-state index in [1.165, 1.54) is 38.5 Å². The van der Waals surface area contributed by atoms with Crippen LogP contribution < -0.4 is 15.5 Å². The van der Waals surface area contributed by atoms with Crippen LogP contribution >= 0.6 is 0 Å². The van der Waals surface area contributed by atoms with Crippen LogP contribution in [0.2, 0.25) is 0 Å². The zero-order valence-corrected chi connectivity index (χ0v) is 17.6. The first-order valence-corrected chi connectivity index (χ1v) is 11.1. The van der Waals surface area contributed by atoms with Crippen LogP contribution in [-0.4, -0.2) is 54.7 Å². The fourth-order valence-electron chi connectivity index (χ4n) is 4.31. The molecule has 2 amide bonds. The normalized spacial score (nSPS) is 19.5. The standard InChI is InChI=1S/C22H37N5O/c1-18(2)20(26-11-5-3-4-6-12-26)17-25-22(28)24-16-19-9-10-21(23-15-19)27-13-7-8-14-27/h9-10,15,18,20H,3-8,11-14,16-17H2,1-2H3,(H2,24,25,28). The Kier molecular flexibility index (Phi) is 7.95. The maximum absolute atomic E-state index is 12.3. The molecule has 156 valence electrons. The molecule has 0 radical (unpaired) electrons. The number of anilines is 1. The van der Waals surface area contributed by atoms with Gasteiger partial charge in [-0.25, -0.2) is 9.78 Å². The van der Waals surface area contributed by atoms with Gasteiger partial charge in [-0.3, -0.25) is 4.90 Å². The molecule has 6 nitrogen and oxygen atoms in total. The summed E-state index contributed by atoms with van der Waals surface area (Å²) in [5.41, 5.74) is 1.03. The number of carbonyl (C=O) groups excluding carboxylic acids is 1. The molecule has 28 heavy (non-hydrogen) atoms. The minimum Gasteiger partial charge on any atom is -0.357 e. The van der Waals surface area contributed by atoms with E-state index in [1.54, 1.807) is 0 Å². The predicted octanol–water partition coefficient (Wildman–Crippen LogP) is 3.38. The molecule has 0 aromatic carbocycles.